The molecule has 5 aromatic rings. The second kappa shape index (κ2) is 12.0. The zero-order valence-electron chi connectivity index (χ0n) is 22.3. The lowest BCUT2D eigenvalue weighted by Crippen LogP contribution is -2.32. The van der Waals surface area contributed by atoms with Gasteiger partial charge in [0.25, 0.3) is 5.91 Å². The molecule has 0 bridgehead atoms. The van der Waals surface area contributed by atoms with Gasteiger partial charge in [0.15, 0.2) is 5.82 Å². The summed E-state index contributed by atoms with van der Waals surface area (Å²) in [5.41, 5.74) is 5.85. The number of hydrogen-bond donors (Lipinski definition) is 1. The minimum absolute atomic E-state index is 0.000404. The Morgan fingerprint density at radius 2 is 1.63 bits per heavy atom. The van der Waals surface area contributed by atoms with Gasteiger partial charge in [0.1, 0.15) is 23.8 Å². The molecule has 0 aliphatic carbocycles. The van der Waals surface area contributed by atoms with Crippen LogP contribution in [0.4, 0.5) is 32.0 Å². The van der Waals surface area contributed by atoms with Crippen molar-refractivity contribution in [3.05, 3.63) is 137 Å². The van der Waals surface area contributed by atoms with E-state index in [1.54, 1.807) is 16.7 Å². The van der Waals surface area contributed by atoms with Crippen molar-refractivity contribution in [2.24, 2.45) is 0 Å². The minimum Gasteiger partial charge on any atom is -0.399 e. The molecule has 0 radical (unpaired) electrons. The lowest BCUT2D eigenvalue weighted by molar-refractivity contribution is -0.137. The summed E-state index contributed by atoms with van der Waals surface area (Å²) in [6.07, 6.45) is -3.20. The van der Waals surface area contributed by atoms with E-state index in [4.69, 9.17) is 5.73 Å². The van der Waals surface area contributed by atoms with Gasteiger partial charge in [-0.2, -0.15) is 13.2 Å². The van der Waals surface area contributed by atoms with Gasteiger partial charge in [-0.1, -0.05) is 30.3 Å². The highest BCUT2D eigenvalue weighted by molar-refractivity contribution is 5.95. The maximum atomic E-state index is 14.9. The first kappa shape index (κ1) is 29.4. The number of carbonyl (C=O) groups excluding carboxylic acids is 1. The number of alkyl halides is 3. The Morgan fingerprint density at radius 1 is 0.860 bits per heavy atom. The van der Waals surface area contributed by atoms with E-state index in [0.717, 1.165) is 42.0 Å². The Labute approximate surface area is 242 Å². The zero-order valence-corrected chi connectivity index (χ0v) is 22.3. The van der Waals surface area contributed by atoms with Gasteiger partial charge in [-0.05, 0) is 59.7 Å². The normalized spacial score (nSPS) is 11.5. The van der Waals surface area contributed by atoms with Gasteiger partial charge in [-0.15, -0.1) is 10.2 Å². The van der Waals surface area contributed by atoms with Gasteiger partial charge in [0.2, 0.25) is 0 Å². The lowest BCUT2D eigenvalue weighted by atomic mass is 9.99. The van der Waals surface area contributed by atoms with Crippen molar-refractivity contribution in [2.45, 2.75) is 25.8 Å². The summed E-state index contributed by atoms with van der Waals surface area (Å²) in [6.45, 7) is -0.178. The molecular formula is C31H23F6N5O. The van der Waals surface area contributed by atoms with E-state index in [0.29, 0.717) is 24.1 Å². The summed E-state index contributed by atoms with van der Waals surface area (Å²) in [7, 11) is 0. The lowest BCUT2D eigenvalue weighted by Gasteiger charge is -2.23. The number of amides is 1. The maximum absolute atomic E-state index is 14.9. The fraction of sp³-hybridized carbons (Fsp3) is 0.129. The fourth-order valence-electron chi connectivity index (χ4n) is 4.50. The largest absolute Gasteiger partial charge is 0.416 e. The van der Waals surface area contributed by atoms with Crippen LogP contribution >= 0.6 is 0 Å². The Kier molecular flexibility index (Phi) is 8.20. The molecule has 1 aromatic heterocycles. The molecule has 12 heteroatoms. The van der Waals surface area contributed by atoms with Crippen LogP contribution in [0.2, 0.25) is 0 Å². The number of carbonyl (C=O) groups is 1. The van der Waals surface area contributed by atoms with Gasteiger partial charge in [0, 0.05) is 35.0 Å². The molecule has 220 valence electrons. The third-order valence-electron chi connectivity index (χ3n) is 6.74. The van der Waals surface area contributed by atoms with Crippen LogP contribution in [0, 0.1) is 17.5 Å². The number of anilines is 1. The van der Waals surface area contributed by atoms with Crippen LogP contribution < -0.4 is 5.73 Å². The van der Waals surface area contributed by atoms with Crippen molar-refractivity contribution in [1.29, 1.82) is 0 Å². The molecule has 0 aliphatic rings. The number of nitrogens with zero attached hydrogens (tertiary/aromatic N) is 4. The summed E-state index contributed by atoms with van der Waals surface area (Å²) in [5.74, 6) is -2.89. The Morgan fingerprint density at radius 3 is 2.35 bits per heavy atom. The number of nitrogens with two attached hydrogens (primary N) is 1. The quantitative estimate of drug-likeness (QED) is 0.157. The molecule has 2 N–H and O–H groups in total. The van der Waals surface area contributed by atoms with Crippen molar-refractivity contribution in [1.82, 2.24) is 19.7 Å². The van der Waals surface area contributed by atoms with Crippen LogP contribution in [0.3, 0.4) is 0 Å². The van der Waals surface area contributed by atoms with Crippen LogP contribution in [-0.4, -0.2) is 25.6 Å². The number of hydrogen-bond acceptors (Lipinski definition) is 4. The van der Waals surface area contributed by atoms with E-state index < -0.39 is 35.1 Å². The van der Waals surface area contributed by atoms with Gasteiger partial charge >= 0.3 is 6.18 Å². The molecule has 0 atom stereocenters. The molecule has 1 amide bonds. The number of rotatable bonds is 8. The second-order valence-corrected chi connectivity index (χ2v) is 9.79. The molecule has 0 aliphatic heterocycles. The third kappa shape index (κ3) is 6.85. The highest BCUT2D eigenvalue weighted by Crippen LogP contribution is 2.33. The van der Waals surface area contributed by atoms with Crippen LogP contribution in [0.1, 0.15) is 32.9 Å². The highest BCUT2D eigenvalue weighted by Gasteiger charge is 2.31. The Bertz CT molecular complexity index is 1770. The van der Waals surface area contributed by atoms with Crippen LogP contribution in [0.25, 0.3) is 11.1 Å². The summed E-state index contributed by atoms with van der Waals surface area (Å²) in [6, 6.07) is 17.4. The molecule has 1 heterocycles. The van der Waals surface area contributed by atoms with Crippen molar-refractivity contribution >= 4 is 11.6 Å². The maximum Gasteiger partial charge on any atom is 0.416 e. The van der Waals surface area contributed by atoms with Gasteiger partial charge in [-0.25, -0.2) is 13.2 Å². The van der Waals surface area contributed by atoms with Crippen molar-refractivity contribution in [2.75, 3.05) is 5.73 Å². The topological polar surface area (TPSA) is 77.0 Å². The molecule has 0 saturated heterocycles. The molecule has 0 spiro atoms. The van der Waals surface area contributed by atoms with E-state index in [-0.39, 0.29) is 35.3 Å². The third-order valence-corrected chi connectivity index (χ3v) is 6.74. The first-order valence-corrected chi connectivity index (χ1v) is 12.9. The second-order valence-electron chi connectivity index (χ2n) is 9.79. The predicted molar refractivity (Wildman–Crippen MR) is 147 cm³/mol. The van der Waals surface area contributed by atoms with E-state index in [9.17, 15) is 31.1 Å². The van der Waals surface area contributed by atoms with E-state index >= 15 is 0 Å². The molecule has 0 saturated carbocycles. The SMILES string of the molecule is Nc1ccc(Cn2cnnc2CN(Cc2ccc(F)cc2F)C(=O)c2ccc(F)c(-c3cccc(C(F)(F)F)c3)c2)cc1. The molecular weight excluding hydrogens is 572 g/mol. The highest BCUT2D eigenvalue weighted by atomic mass is 19.4. The summed E-state index contributed by atoms with van der Waals surface area (Å²) >= 11 is 0. The smallest absolute Gasteiger partial charge is 0.399 e. The molecule has 0 fully saturated rings. The minimum atomic E-state index is -4.65. The average molecular weight is 596 g/mol. The van der Waals surface area contributed by atoms with Crippen LogP contribution in [0.15, 0.2) is 91.3 Å². The Balaban J connectivity index is 1.50. The summed E-state index contributed by atoms with van der Waals surface area (Å²) < 4.78 is 84.7. The van der Waals surface area contributed by atoms with Crippen LogP contribution in [-0.2, 0) is 25.8 Å². The van der Waals surface area contributed by atoms with Crippen LogP contribution in [0.5, 0.6) is 0 Å². The average Bonchev–Trinajstić information content (AvgIpc) is 3.41. The van der Waals surface area contributed by atoms with Gasteiger partial charge in [0.05, 0.1) is 18.7 Å². The first-order valence-electron chi connectivity index (χ1n) is 12.9. The van der Waals surface area contributed by atoms with Gasteiger partial charge in [-0.3, -0.25) is 4.79 Å². The van der Waals surface area contributed by atoms with E-state index in [1.165, 1.54) is 29.4 Å². The molecule has 43 heavy (non-hydrogen) atoms. The van der Waals surface area contributed by atoms with Crippen molar-refractivity contribution in [3.63, 3.8) is 0 Å². The summed E-state index contributed by atoms with van der Waals surface area (Å²) in [4.78, 5) is 15.0. The predicted octanol–water partition coefficient (Wildman–Crippen LogP) is 6.85. The van der Waals surface area contributed by atoms with Crippen molar-refractivity contribution in [3.8, 4) is 11.1 Å². The summed E-state index contributed by atoms with van der Waals surface area (Å²) in [5, 5.41) is 8.05. The fourth-order valence-corrected chi connectivity index (χ4v) is 4.50. The number of nitrogen functional groups attached to an aromatic ring is 1. The molecule has 5 rings (SSSR count). The molecule has 4 aromatic carbocycles. The van der Waals surface area contributed by atoms with E-state index in [2.05, 4.69) is 10.2 Å². The van der Waals surface area contributed by atoms with Gasteiger partial charge < -0.3 is 15.2 Å². The Hall–Kier alpha value is -5.13. The number of benzene rings is 4. The monoisotopic (exact) mass is 595 g/mol. The van der Waals surface area contributed by atoms with Crippen molar-refractivity contribution < 1.29 is 31.1 Å². The standard InChI is InChI=1S/C31H23F6N5O/c32-24-8-6-22(28(34)14-24)16-41(17-29-40-39-18-42(29)15-19-4-9-25(38)10-5-19)30(43)21-7-11-27(33)26(13-21)20-2-1-3-23(12-20)31(35,36)37/h1-14,18H,15-17,38H2. The number of halogens is 6. The number of aromatic nitrogens is 3. The molecule has 6 nitrogen and oxygen atoms in total. The molecule has 0 unspecified atom stereocenters. The zero-order chi connectivity index (χ0) is 30.7. The van der Waals surface area contributed by atoms with E-state index in [1.807, 2.05) is 12.1 Å². The first-order chi connectivity index (χ1) is 20.5.